The zero-order valence-electron chi connectivity index (χ0n) is 8.46. The Morgan fingerprint density at radius 1 is 1.57 bits per heavy atom. The second-order valence-corrected chi connectivity index (χ2v) is 3.56. The van der Waals surface area contributed by atoms with Gasteiger partial charge in [0.05, 0.1) is 0 Å². The van der Waals surface area contributed by atoms with Crippen LogP contribution in [0.5, 0.6) is 0 Å². The Hall–Kier alpha value is -0.800. The lowest BCUT2D eigenvalue weighted by molar-refractivity contribution is 0.191. The summed E-state index contributed by atoms with van der Waals surface area (Å²) in [5.74, 6) is 0.807. The van der Waals surface area contributed by atoms with Crippen LogP contribution in [0.3, 0.4) is 0 Å². The fourth-order valence-corrected chi connectivity index (χ4v) is 1.27. The monoisotopic (exact) mass is 214 g/mol. The summed E-state index contributed by atoms with van der Waals surface area (Å²) in [6.45, 7) is 2.83. The van der Waals surface area contributed by atoms with Crippen molar-refractivity contribution >= 4 is 17.4 Å². The van der Waals surface area contributed by atoms with Crippen LogP contribution in [0.4, 0.5) is 5.82 Å². The molecule has 0 aliphatic rings. The average Bonchev–Trinajstić information content (AvgIpc) is 2.15. The highest BCUT2D eigenvalue weighted by atomic mass is 35.5. The maximum Gasteiger partial charge on any atom is 0.131 e. The molecule has 78 valence electrons. The van der Waals surface area contributed by atoms with Crippen LogP contribution in [0, 0.1) is 0 Å². The van der Waals surface area contributed by atoms with Gasteiger partial charge in [-0.05, 0) is 25.5 Å². The zero-order chi connectivity index (χ0) is 10.4. The highest BCUT2D eigenvalue weighted by Crippen LogP contribution is 2.10. The van der Waals surface area contributed by atoms with E-state index in [4.69, 9.17) is 16.3 Å². The van der Waals surface area contributed by atoms with E-state index in [9.17, 15) is 0 Å². The highest BCUT2D eigenvalue weighted by molar-refractivity contribution is 6.29. The van der Waals surface area contributed by atoms with Gasteiger partial charge in [-0.3, -0.25) is 0 Å². The average molecular weight is 215 g/mol. The predicted octanol–water partition coefficient (Wildman–Crippen LogP) is 2.57. The molecule has 1 atom stereocenters. The lowest BCUT2D eigenvalue weighted by Crippen LogP contribution is -2.17. The van der Waals surface area contributed by atoms with E-state index in [1.807, 2.05) is 12.1 Å². The van der Waals surface area contributed by atoms with Crippen molar-refractivity contribution in [3.63, 3.8) is 0 Å². The first-order valence-corrected chi connectivity index (χ1v) is 4.98. The zero-order valence-corrected chi connectivity index (χ0v) is 9.21. The van der Waals surface area contributed by atoms with Gasteiger partial charge in [0.25, 0.3) is 0 Å². The van der Waals surface area contributed by atoms with Crippen LogP contribution in [0.1, 0.15) is 13.3 Å². The maximum absolute atomic E-state index is 5.76. The molecule has 0 amide bonds. The molecule has 1 aromatic heterocycles. The van der Waals surface area contributed by atoms with Crippen LogP contribution in [0.25, 0.3) is 0 Å². The van der Waals surface area contributed by atoms with Crippen LogP contribution in [-0.4, -0.2) is 24.7 Å². The quantitative estimate of drug-likeness (QED) is 0.765. The Morgan fingerprint density at radius 2 is 2.36 bits per heavy atom. The Bertz CT molecular complexity index is 281. The van der Waals surface area contributed by atoms with Gasteiger partial charge in [0.1, 0.15) is 11.0 Å². The Kier molecular flexibility index (Phi) is 4.70. The number of ether oxygens (including phenoxy) is 1. The first-order valence-electron chi connectivity index (χ1n) is 4.60. The molecule has 1 unspecified atom stereocenters. The molecule has 0 aliphatic carbocycles. The third-order valence-electron chi connectivity index (χ3n) is 1.86. The molecule has 1 rings (SSSR count). The topological polar surface area (TPSA) is 34.1 Å². The molecule has 0 spiro atoms. The minimum absolute atomic E-state index is 0.334. The summed E-state index contributed by atoms with van der Waals surface area (Å²) < 4.78 is 4.99. The van der Waals surface area contributed by atoms with Crippen molar-refractivity contribution in [1.29, 1.82) is 0 Å². The molecule has 1 N–H and O–H groups in total. The molecule has 4 heteroatoms. The van der Waals surface area contributed by atoms with Gasteiger partial charge in [0, 0.05) is 19.8 Å². The van der Waals surface area contributed by atoms with Gasteiger partial charge in [0.2, 0.25) is 0 Å². The summed E-state index contributed by atoms with van der Waals surface area (Å²) in [4.78, 5) is 4.13. The molecule has 0 radical (unpaired) electrons. The summed E-state index contributed by atoms with van der Waals surface area (Å²) in [6.07, 6.45) is 0.949. The van der Waals surface area contributed by atoms with E-state index in [0.717, 1.165) is 18.8 Å². The SMILES string of the molecule is COCCC(C)Nc1cccc(Cl)n1. The maximum atomic E-state index is 5.76. The largest absolute Gasteiger partial charge is 0.385 e. The number of methoxy groups -OCH3 is 1. The van der Waals surface area contributed by atoms with E-state index < -0.39 is 0 Å². The second-order valence-electron chi connectivity index (χ2n) is 3.17. The molecular formula is C10H15ClN2O. The number of aromatic nitrogens is 1. The van der Waals surface area contributed by atoms with Crippen LogP contribution in [0.2, 0.25) is 5.15 Å². The van der Waals surface area contributed by atoms with E-state index in [1.54, 1.807) is 13.2 Å². The fraction of sp³-hybridized carbons (Fsp3) is 0.500. The normalized spacial score (nSPS) is 12.5. The van der Waals surface area contributed by atoms with Gasteiger partial charge in [-0.1, -0.05) is 17.7 Å². The summed E-state index contributed by atoms with van der Waals surface area (Å²) in [6, 6.07) is 5.86. The Labute approximate surface area is 89.4 Å². The summed E-state index contributed by atoms with van der Waals surface area (Å²) in [5, 5.41) is 3.75. The first-order chi connectivity index (χ1) is 6.72. The predicted molar refractivity (Wildman–Crippen MR) is 58.8 cm³/mol. The summed E-state index contributed by atoms with van der Waals surface area (Å²) in [5.41, 5.74) is 0. The van der Waals surface area contributed by atoms with Gasteiger partial charge in [-0.25, -0.2) is 4.98 Å². The second kappa shape index (κ2) is 5.83. The van der Waals surface area contributed by atoms with Gasteiger partial charge >= 0.3 is 0 Å². The summed E-state index contributed by atoms with van der Waals surface area (Å²) >= 11 is 5.76. The number of rotatable bonds is 5. The van der Waals surface area contributed by atoms with Crippen LogP contribution < -0.4 is 5.32 Å². The van der Waals surface area contributed by atoms with E-state index in [2.05, 4.69) is 17.2 Å². The van der Waals surface area contributed by atoms with Crippen molar-refractivity contribution in [2.75, 3.05) is 19.0 Å². The smallest absolute Gasteiger partial charge is 0.131 e. The van der Waals surface area contributed by atoms with Crippen LogP contribution in [0.15, 0.2) is 18.2 Å². The van der Waals surface area contributed by atoms with E-state index in [0.29, 0.717) is 11.2 Å². The van der Waals surface area contributed by atoms with Crippen molar-refractivity contribution in [1.82, 2.24) is 4.98 Å². The number of hydrogen-bond acceptors (Lipinski definition) is 3. The fourth-order valence-electron chi connectivity index (χ4n) is 1.11. The minimum atomic E-state index is 0.334. The third kappa shape index (κ3) is 3.94. The molecule has 0 saturated heterocycles. The van der Waals surface area contributed by atoms with Crippen LogP contribution in [-0.2, 0) is 4.74 Å². The van der Waals surface area contributed by atoms with Crippen molar-refractivity contribution in [3.8, 4) is 0 Å². The van der Waals surface area contributed by atoms with Gasteiger partial charge in [-0.2, -0.15) is 0 Å². The number of nitrogens with zero attached hydrogens (tertiary/aromatic N) is 1. The van der Waals surface area contributed by atoms with Crippen molar-refractivity contribution in [3.05, 3.63) is 23.4 Å². The van der Waals surface area contributed by atoms with E-state index in [-0.39, 0.29) is 0 Å². The molecule has 0 aromatic carbocycles. The number of pyridine rings is 1. The lowest BCUT2D eigenvalue weighted by atomic mass is 10.2. The van der Waals surface area contributed by atoms with E-state index in [1.165, 1.54) is 0 Å². The molecule has 1 heterocycles. The van der Waals surface area contributed by atoms with Crippen molar-refractivity contribution in [2.24, 2.45) is 0 Å². The van der Waals surface area contributed by atoms with Gasteiger partial charge in [0.15, 0.2) is 0 Å². The minimum Gasteiger partial charge on any atom is -0.385 e. The van der Waals surface area contributed by atoms with Crippen molar-refractivity contribution in [2.45, 2.75) is 19.4 Å². The third-order valence-corrected chi connectivity index (χ3v) is 2.07. The van der Waals surface area contributed by atoms with Crippen LogP contribution >= 0.6 is 11.6 Å². The summed E-state index contributed by atoms with van der Waals surface area (Å²) in [7, 11) is 1.70. The lowest BCUT2D eigenvalue weighted by Gasteiger charge is -2.13. The standard InChI is InChI=1S/C10H15ClN2O/c1-8(6-7-14-2)12-10-5-3-4-9(11)13-10/h3-5,8H,6-7H2,1-2H3,(H,12,13). The Balaban J connectivity index is 2.43. The number of halogens is 1. The molecule has 0 saturated carbocycles. The van der Waals surface area contributed by atoms with Gasteiger partial charge in [-0.15, -0.1) is 0 Å². The first kappa shape index (κ1) is 11.3. The number of nitrogens with one attached hydrogen (secondary N) is 1. The molecule has 1 aromatic rings. The molecule has 0 bridgehead atoms. The molecule has 0 fully saturated rings. The molecule has 0 aliphatic heterocycles. The molecule has 14 heavy (non-hydrogen) atoms. The number of hydrogen-bond donors (Lipinski definition) is 1. The van der Waals surface area contributed by atoms with E-state index >= 15 is 0 Å². The van der Waals surface area contributed by atoms with Crippen molar-refractivity contribution < 1.29 is 4.74 Å². The Morgan fingerprint density at radius 3 is 3.00 bits per heavy atom. The van der Waals surface area contributed by atoms with Gasteiger partial charge < -0.3 is 10.1 Å². The molecular weight excluding hydrogens is 200 g/mol. The molecule has 3 nitrogen and oxygen atoms in total. The highest BCUT2D eigenvalue weighted by Gasteiger charge is 2.02. The number of anilines is 1.